The molecule has 1 aromatic rings. The van der Waals surface area contributed by atoms with Gasteiger partial charge in [-0.2, -0.15) is 0 Å². The maximum Gasteiger partial charge on any atom is 0.0340 e. The molecule has 2 unspecified atom stereocenters. The second-order valence-corrected chi connectivity index (χ2v) is 6.59. The molecule has 2 heteroatoms. The molecule has 0 amide bonds. The van der Waals surface area contributed by atoms with Crippen LogP contribution in [0, 0.1) is 5.92 Å². The number of rotatable bonds is 5. The Balaban J connectivity index is 1.54. The van der Waals surface area contributed by atoms with Crippen LogP contribution < -0.4 is 5.32 Å². The summed E-state index contributed by atoms with van der Waals surface area (Å²) in [6.07, 6.45) is 8.70. The highest BCUT2D eigenvalue weighted by Gasteiger charge is 2.35. The van der Waals surface area contributed by atoms with Gasteiger partial charge in [0, 0.05) is 24.3 Å². The summed E-state index contributed by atoms with van der Waals surface area (Å²) >= 11 is 0. The Kier molecular flexibility index (Phi) is 4.62. The van der Waals surface area contributed by atoms with Crippen LogP contribution in [0.15, 0.2) is 30.3 Å². The van der Waals surface area contributed by atoms with E-state index in [4.69, 9.17) is 0 Å². The molecule has 0 bridgehead atoms. The number of nitrogens with one attached hydrogen (secondary N) is 1. The van der Waals surface area contributed by atoms with E-state index in [0.717, 1.165) is 18.5 Å². The third-order valence-corrected chi connectivity index (χ3v) is 5.23. The Hall–Kier alpha value is -1.02. The summed E-state index contributed by atoms with van der Waals surface area (Å²) in [5.41, 5.74) is 1.25. The maximum absolute atomic E-state index is 3.59. The Labute approximate surface area is 123 Å². The van der Waals surface area contributed by atoms with Crippen molar-refractivity contribution < 1.29 is 0 Å². The van der Waals surface area contributed by atoms with Crippen molar-refractivity contribution in [2.75, 3.05) is 18.4 Å². The summed E-state index contributed by atoms with van der Waals surface area (Å²) in [5.74, 6) is 0.983. The molecule has 0 radical (unpaired) electrons. The highest BCUT2D eigenvalue weighted by atomic mass is 15.2. The zero-order valence-corrected chi connectivity index (χ0v) is 12.7. The van der Waals surface area contributed by atoms with Crippen LogP contribution in [0.4, 0.5) is 5.69 Å². The van der Waals surface area contributed by atoms with E-state index in [2.05, 4.69) is 47.5 Å². The zero-order valence-electron chi connectivity index (χ0n) is 12.7. The summed E-state index contributed by atoms with van der Waals surface area (Å²) in [4.78, 5) is 2.78. The van der Waals surface area contributed by atoms with Crippen LogP contribution in [0.3, 0.4) is 0 Å². The van der Waals surface area contributed by atoms with Crippen molar-refractivity contribution in [3.63, 3.8) is 0 Å². The van der Waals surface area contributed by atoms with Gasteiger partial charge in [0.25, 0.3) is 0 Å². The number of hydrogen-bond acceptors (Lipinski definition) is 2. The molecule has 0 aromatic heterocycles. The minimum absolute atomic E-state index is 0.642. The fourth-order valence-corrected chi connectivity index (χ4v) is 4.15. The number of likely N-dealkylation sites (tertiary alicyclic amines) is 1. The molecule has 2 fully saturated rings. The van der Waals surface area contributed by atoms with Crippen molar-refractivity contribution in [1.29, 1.82) is 0 Å². The van der Waals surface area contributed by atoms with E-state index in [0.29, 0.717) is 6.04 Å². The smallest absolute Gasteiger partial charge is 0.0340 e. The topological polar surface area (TPSA) is 15.3 Å². The fourth-order valence-electron chi connectivity index (χ4n) is 4.15. The molecule has 1 saturated heterocycles. The second kappa shape index (κ2) is 6.62. The molecule has 1 aromatic carbocycles. The molecule has 1 aliphatic heterocycles. The minimum atomic E-state index is 0.642. The molecule has 0 spiro atoms. The lowest BCUT2D eigenvalue weighted by atomic mass is 9.95. The van der Waals surface area contributed by atoms with Gasteiger partial charge in [0.1, 0.15) is 0 Å². The first-order valence-corrected chi connectivity index (χ1v) is 8.39. The molecular weight excluding hydrogens is 244 g/mol. The first kappa shape index (κ1) is 13.9. The predicted molar refractivity (Wildman–Crippen MR) is 86.1 cm³/mol. The van der Waals surface area contributed by atoms with E-state index in [9.17, 15) is 0 Å². The summed E-state index contributed by atoms with van der Waals surface area (Å²) in [6.45, 7) is 4.76. The van der Waals surface area contributed by atoms with Gasteiger partial charge in [0.2, 0.25) is 0 Å². The van der Waals surface area contributed by atoms with Crippen LogP contribution >= 0.6 is 0 Å². The van der Waals surface area contributed by atoms with Crippen molar-refractivity contribution in [3.05, 3.63) is 30.3 Å². The van der Waals surface area contributed by atoms with Gasteiger partial charge < -0.3 is 5.32 Å². The summed E-state index contributed by atoms with van der Waals surface area (Å²) < 4.78 is 0. The van der Waals surface area contributed by atoms with Crippen molar-refractivity contribution in [2.24, 2.45) is 5.92 Å². The van der Waals surface area contributed by atoms with Gasteiger partial charge in [-0.15, -0.1) is 0 Å². The van der Waals surface area contributed by atoms with Crippen LogP contribution in [0.25, 0.3) is 0 Å². The van der Waals surface area contributed by atoms with E-state index in [1.807, 2.05) is 0 Å². The van der Waals surface area contributed by atoms with E-state index < -0.39 is 0 Å². The van der Waals surface area contributed by atoms with Gasteiger partial charge in [-0.05, 0) is 57.2 Å². The first-order valence-electron chi connectivity index (χ1n) is 8.39. The van der Waals surface area contributed by atoms with E-state index in [1.165, 1.54) is 50.8 Å². The van der Waals surface area contributed by atoms with Crippen LogP contribution in [-0.4, -0.2) is 30.1 Å². The molecule has 2 atom stereocenters. The molecule has 1 saturated carbocycles. The number of anilines is 1. The standard InChI is InChI=1S/C18H28N2/c1-15(14-19-17-10-3-2-4-11-17)20-13-7-12-18(20)16-8-5-6-9-16/h2-4,10-11,15-16,18-19H,5-9,12-14H2,1H3. The Morgan fingerprint density at radius 2 is 1.85 bits per heavy atom. The molecule has 2 nitrogen and oxygen atoms in total. The predicted octanol–water partition coefficient (Wildman–Crippen LogP) is 4.14. The van der Waals surface area contributed by atoms with Crippen LogP contribution in [-0.2, 0) is 0 Å². The normalized spacial score (nSPS) is 25.9. The third-order valence-electron chi connectivity index (χ3n) is 5.23. The number of nitrogens with zero attached hydrogens (tertiary/aromatic N) is 1. The lowest BCUT2D eigenvalue weighted by Gasteiger charge is -2.34. The average molecular weight is 272 g/mol. The second-order valence-electron chi connectivity index (χ2n) is 6.59. The molecule has 110 valence electrons. The lowest BCUT2D eigenvalue weighted by Crippen LogP contribution is -2.44. The van der Waals surface area contributed by atoms with Gasteiger partial charge in [-0.25, -0.2) is 0 Å². The molecule has 1 aliphatic carbocycles. The van der Waals surface area contributed by atoms with Gasteiger partial charge in [0.05, 0.1) is 0 Å². The number of benzene rings is 1. The fraction of sp³-hybridized carbons (Fsp3) is 0.667. The quantitative estimate of drug-likeness (QED) is 0.866. The zero-order chi connectivity index (χ0) is 13.8. The lowest BCUT2D eigenvalue weighted by molar-refractivity contribution is 0.149. The molecule has 1 heterocycles. The molecular formula is C18H28N2. The van der Waals surface area contributed by atoms with E-state index in [1.54, 1.807) is 0 Å². The molecule has 2 aliphatic rings. The Bertz CT molecular complexity index is 397. The summed E-state index contributed by atoms with van der Waals surface area (Å²) in [7, 11) is 0. The van der Waals surface area contributed by atoms with Crippen LogP contribution in [0.1, 0.15) is 45.4 Å². The Morgan fingerprint density at radius 3 is 2.60 bits per heavy atom. The third kappa shape index (κ3) is 3.17. The monoisotopic (exact) mass is 272 g/mol. The Morgan fingerprint density at radius 1 is 1.10 bits per heavy atom. The summed E-state index contributed by atoms with van der Waals surface area (Å²) in [6, 6.07) is 12.1. The first-order chi connectivity index (χ1) is 9.84. The van der Waals surface area contributed by atoms with Crippen molar-refractivity contribution in [3.8, 4) is 0 Å². The molecule has 20 heavy (non-hydrogen) atoms. The van der Waals surface area contributed by atoms with Gasteiger partial charge in [-0.1, -0.05) is 31.0 Å². The van der Waals surface area contributed by atoms with Crippen molar-refractivity contribution in [1.82, 2.24) is 4.90 Å². The highest BCUT2D eigenvalue weighted by Crippen LogP contribution is 2.36. The van der Waals surface area contributed by atoms with Crippen LogP contribution in [0.5, 0.6) is 0 Å². The number of hydrogen-bond donors (Lipinski definition) is 1. The maximum atomic E-state index is 3.59. The van der Waals surface area contributed by atoms with E-state index >= 15 is 0 Å². The van der Waals surface area contributed by atoms with Gasteiger partial charge in [-0.3, -0.25) is 4.90 Å². The minimum Gasteiger partial charge on any atom is -0.383 e. The number of para-hydroxylation sites is 1. The molecule has 3 rings (SSSR count). The highest BCUT2D eigenvalue weighted by molar-refractivity contribution is 5.42. The largest absolute Gasteiger partial charge is 0.383 e. The molecule has 1 N–H and O–H groups in total. The summed E-state index contributed by atoms with van der Waals surface area (Å²) in [5, 5.41) is 3.59. The van der Waals surface area contributed by atoms with Gasteiger partial charge >= 0.3 is 0 Å². The van der Waals surface area contributed by atoms with Crippen molar-refractivity contribution in [2.45, 2.75) is 57.5 Å². The van der Waals surface area contributed by atoms with Crippen molar-refractivity contribution >= 4 is 5.69 Å². The van der Waals surface area contributed by atoms with E-state index in [-0.39, 0.29) is 0 Å². The van der Waals surface area contributed by atoms with Gasteiger partial charge in [0.15, 0.2) is 0 Å². The average Bonchev–Trinajstić information content (AvgIpc) is 3.15. The SMILES string of the molecule is CC(CNc1ccccc1)N1CCCC1C1CCCC1. The van der Waals surface area contributed by atoms with Crippen LogP contribution in [0.2, 0.25) is 0 Å².